The number of carbonyl (C=O) groups is 6. The van der Waals surface area contributed by atoms with Crippen molar-refractivity contribution >= 4 is 35.6 Å². The third-order valence-corrected chi connectivity index (χ3v) is 8.57. The van der Waals surface area contributed by atoms with Gasteiger partial charge in [0.05, 0.1) is 25.2 Å². The summed E-state index contributed by atoms with van der Waals surface area (Å²) in [5.41, 5.74) is 0.234. The minimum atomic E-state index is -0.253. The smallest absolute Gasteiger partial charge is 0.305 e. The van der Waals surface area contributed by atoms with Gasteiger partial charge in [0.1, 0.15) is 6.61 Å². The lowest BCUT2D eigenvalue weighted by Gasteiger charge is -2.39. The second-order valence-corrected chi connectivity index (χ2v) is 12.3. The molecule has 0 bridgehead atoms. The molecule has 0 radical (unpaired) electrons. The van der Waals surface area contributed by atoms with Gasteiger partial charge < -0.3 is 14.2 Å². The monoisotopic (exact) mass is 618 g/mol. The Morgan fingerprint density at radius 1 is 0.727 bits per heavy atom. The maximum Gasteiger partial charge on any atom is 0.305 e. The molecule has 4 rings (SSSR count). The van der Waals surface area contributed by atoms with Gasteiger partial charge in [-0.3, -0.25) is 38.6 Å². The van der Waals surface area contributed by atoms with E-state index in [4.69, 9.17) is 14.2 Å². The Bertz CT molecular complexity index is 1050. The molecule has 3 aliphatic heterocycles. The van der Waals surface area contributed by atoms with Crippen molar-refractivity contribution < 1.29 is 43.0 Å². The summed E-state index contributed by atoms with van der Waals surface area (Å²) in [5, 5.41) is 0. The molecule has 246 valence electrons. The van der Waals surface area contributed by atoms with Crippen LogP contribution in [-0.4, -0.2) is 84.9 Å². The second kappa shape index (κ2) is 17.8. The van der Waals surface area contributed by atoms with E-state index in [1.807, 2.05) is 0 Å². The highest BCUT2D eigenvalue weighted by molar-refractivity contribution is 6.13. The number of amides is 4. The Morgan fingerprint density at radius 3 is 1.50 bits per heavy atom. The van der Waals surface area contributed by atoms with Crippen molar-refractivity contribution in [3.8, 4) is 0 Å². The summed E-state index contributed by atoms with van der Waals surface area (Å²) in [6, 6.07) is 0. The Kier molecular flexibility index (Phi) is 14.9. The van der Waals surface area contributed by atoms with Gasteiger partial charge in [0.2, 0.25) is 0 Å². The van der Waals surface area contributed by atoms with Gasteiger partial charge in [0, 0.05) is 55.7 Å². The van der Waals surface area contributed by atoms with Crippen LogP contribution in [0, 0.1) is 10.8 Å². The van der Waals surface area contributed by atoms with Crippen LogP contribution in [0.5, 0.6) is 0 Å². The van der Waals surface area contributed by atoms with Crippen molar-refractivity contribution in [1.82, 2.24) is 9.80 Å². The highest BCUT2D eigenvalue weighted by atomic mass is 16.5. The Labute approximate surface area is 261 Å². The number of hydrogen-bond donors (Lipinski definition) is 0. The van der Waals surface area contributed by atoms with E-state index in [0.717, 1.165) is 44.9 Å². The molecule has 4 amide bonds. The SMILES string of the molecule is C.CC1(COC(=O)CCCCCN2C(=O)C=CC2=O)CCC1.CCC1(COC(=O)CCCCCN2C(=O)C=CC2=O)COC1. The summed E-state index contributed by atoms with van der Waals surface area (Å²) in [7, 11) is 0. The predicted octanol–water partition coefficient (Wildman–Crippen LogP) is 4.28. The highest BCUT2D eigenvalue weighted by Crippen LogP contribution is 2.40. The summed E-state index contributed by atoms with van der Waals surface area (Å²) in [5.74, 6) is -1.32. The standard InChI is InChI=1S/C16H23NO5.C16H23NO4.CH4/c1-2-16(10-21-11-16)12-22-15(20)6-4-3-5-9-17-13(18)7-8-14(17)19;1-16(9-5-10-16)12-21-15(20)6-3-2-4-11-17-13(18)7-8-14(17)19;/h7-8H,2-6,9-12H2,1H3;7-8H,2-6,9-12H2,1H3;1H4. The molecule has 0 unspecified atom stereocenters. The van der Waals surface area contributed by atoms with Gasteiger partial charge in [0.25, 0.3) is 23.6 Å². The molecule has 0 spiro atoms. The molecular weight excluding hydrogens is 568 g/mol. The number of ether oxygens (including phenoxy) is 3. The molecule has 1 saturated heterocycles. The number of hydrogen-bond acceptors (Lipinski definition) is 9. The lowest BCUT2D eigenvalue weighted by Crippen LogP contribution is -2.46. The Hall–Kier alpha value is -3.34. The van der Waals surface area contributed by atoms with Crippen LogP contribution in [0.3, 0.4) is 0 Å². The van der Waals surface area contributed by atoms with Gasteiger partial charge in [-0.2, -0.15) is 0 Å². The van der Waals surface area contributed by atoms with Gasteiger partial charge in [0.15, 0.2) is 0 Å². The van der Waals surface area contributed by atoms with Crippen LogP contribution < -0.4 is 0 Å². The fourth-order valence-electron chi connectivity index (χ4n) is 5.07. The zero-order chi connectivity index (χ0) is 31.3. The number of rotatable bonds is 17. The normalized spacial score (nSPS) is 19.1. The largest absolute Gasteiger partial charge is 0.465 e. The molecule has 4 aliphatic rings. The van der Waals surface area contributed by atoms with Crippen molar-refractivity contribution in [3.63, 3.8) is 0 Å². The maximum atomic E-state index is 11.7. The van der Waals surface area contributed by atoms with Crippen molar-refractivity contribution in [2.45, 2.75) is 98.3 Å². The van der Waals surface area contributed by atoms with Gasteiger partial charge in [-0.25, -0.2) is 0 Å². The van der Waals surface area contributed by atoms with Gasteiger partial charge in [-0.05, 0) is 44.9 Å². The molecule has 0 aromatic heterocycles. The summed E-state index contributed by atoms with van der Waals surface area (Å²) >= 11 is 0. The first-order chi connectivity index (χ1) is 20.6. The predicted molar refractivity (Wildman–Crippen MR) is 163 cm³/mol. The quantitative estimate of drug-likeness (QED) is 0.133. The van der Waals surface area contributed by atoms with E-state index in [-0.39, 0.29) is 53.8 Å². The molecular formula is C33H50N2O9. The van der Waals surface area contributed by atoms with Crippen molar-refractivity contribution in [2.24, 2.45) is 10.8 Å². The number of imide groups is 2. The third-order valence-electron chi connectivity index (χ3n) is 8.57. The van der Waals surface area contributed by atoms with Crippen LogP contribution in [0.1, 0.15) is 98.3 Å². The van der Waals surface area contributed by atoms with Crippen LogP contribution in [0.15, 0.2) is 24.3 Å². The van der Waals surface area contributed by atoms with Crippen molar-refractivity contribution in [2.75, 3.05) is 39.5 Å². The Morgan fingerprint density at radius 2 is 1.16 bits per heavy atom. The van der Waals surface area contributed by atoms with E-state index < -0.39 is 0 Å². The Balaban J connectivity index is 0.000000300. The van der Waals surface area contributed by atoms with Gasteiger partial charge in [-0.15, -0.1) is 0 Å². The molecule has 11 nitrogen and oxygen atoms in total. The van der Waals surface area contributed by atoms with Crippen LogP contribution in [0.25, 0.3) is 0 Å². The molecule has 1 aliphatic carbocycles. The molecule has 3 heterocycles. The molecule has 2 fully saturated rings. The first kappa shape index (κ1) is 36.8. The highest BCUT2D eigenvalue weighted by Gasteiger charge is 2.38. The van der Waals surface area contributed by atoms with Gasteiger partial charge >= 0.3 is 11.9 Å². The first-order valence-corrected chi connectivity index (χ1v) is 15.5. The molecule has 44 heavy (non-hydrogen) atoms. The van der Waals surface area contributed by atoms with Crippen LogP contribution >= 0.6 is 0 Å². The molecule has 0 N–H and O–H groups in total. The summed E-state index contributed by atoms with van der Waals surface area (Å²) in [6.07, 6.45) is 14.9. The topological polar surface area (TPSA) is 137 Å². The molecule has 1 saturated carbocycles. The van der Waals surface area contributed by atoms with E-state index in [1.54, 1.807) is 0 Å². The van der Waals surface area contributed by atoms with E-state index in [9.17, 15) is 28.8 Å². The summed E-state index contributed by atoms with van der Waals surface area (Å²) < 4.78 is 15.8. The number of nitrogens with zero attached hydrogens (tertiary/aromatic N) is 2. The number of carbonyl (C=O) groups excluding carboxylic acids is 6. The van der Waals surface area contributed by atoms with E-state index in [0.29, 0.717) is 65.2 Å². The fourth-order valence-corrected chi connectivity index (χ4v) is 5.07. The van der Waals surface area contributed by atoms with E-state index >= 15 is 0 Å². The second-order valence-electron chi connectivity index (χ2n) is 12.3. The van der Waals surface area contributed by atoms with Crippen molar-refractivity contribution in [3.05, 3.63) is 24.3 Å². The maximum absolute atomic E-state index is 11.7. The fraction of sp³-hybridized carbons (Fsp3) is 0.697. The number of esters is 2. The average molecular weight is 619 g/mol. The van der Waals surface area contributed by atoms with Crippen molar-refractivity contribution in [1.29, 1.82) is 0 Å². The van der Waals surface area contributed by atoms with Crippen LogP contribution in [-0.2, 0) is 43.0 Å². The van der Waals surface area contributed by atoms with Crippen LogP contribution in [0.4, 0.5) is 0 Å². The van der Waals surface area contributed by atoms with Crippen LogP contribution in [0.2, 0.25) is 0 Å². The summed E-state index contributed by atoms with van der Waals surface area (Å²) in [6.45, 7) is 7.38. The lowest BCUT2D eigenvalue weighted by atomic mass is 9.71. The minimum Gasteiger partial charge on any atom is -0.465 e. The zero-order valence-corrected chi connectivity index (χ0v) is 25.6. The first-order valence-electron chi connectivity index (χ1n) is 15.5. The van der Waals surface area contributed by atoms with Gasteiger partial charge in [-0.1, -0.05) is 40.5 Å². The number of unbranched alkanes of at least 4 members (excludes halogenated alkanes) is 4. The minimum absolute atomic E-state index is 0. The molecule has 0 aromatic rings. The molecule has 11 heteroatoms. The third kappa shape index (κ3) is 11.3. The summed E-state index contributed by atoms with van der Waals surface area (Å²) in [4.78, 5) is 71.0. The zero-order valence-electron chi connectivity index (χ0n) is 25.6. The molecule has 0 aromatic carbocycles. The van der Waals surface area contributed by atoms with E-state index in [2.05, 4.69) is 13.8 Å². The molecule has 0 atom stereocenters. The lowest BCUT2D eigenvalue weighted by molar-refractivity contribution is -0.170. The van der Waals surface area contributed by atoms with E-state index in [1.165, 1.54) is 40.5 Å². The average Bonchev–Trinajstić information content (AvgIpc) is 3.44.